The SMILES string of the molecule is c1cncc(-c2nc(-c3cc(-c4ccc5sc6ccccc6c5c4)cc(-c4ccc5sc6ccccc6c5c4)c3)nc(-c3ccccc3-c3cccnc3)n2)c1. The Morgan fingerprint density at radius 3 is 1.38 bits per heavy atom. The summed E-state index contributed by atoms with van der Waals surface area (Å²) >= 11 is 3.66. The predicted octanol–water partition coefficient (Wildman–Crippen LogP) is 13.4. The van der Waals surface area contributed by atoms with E-state index in [2.05, 4.69) is 131 Å². The molecule has 0 spiro atoms. The molecular formula is C49H29N5S2. The third-order valence-corrected chi connectivity index (χ3v) is 12.6. The third kappa shape index (κ3) is 5.73. The van der Waals surface area contributed by atoms with E-state index in [9.17, 15) is 0 Å². The van der Waals surface area contributed by atoms with Crippen molar-refractivity contribution in [1.29, 1.82) is 0 Å². The van der Waals surface area contributed by atoms with Crippen LogP contribution in [0.3, 0.4) is 0 Å². The quantitative estimate of drug-likeness (QED) is 0.169. The Hall–Kier alpha value is -6.93. The van der Waals surface area contributed by atoms with Crippen molar-refractivity contribution < 1.29 is 0 Å². The molecule has 0 fully saturated rings. The highest BCUT2D eigenvalue weighted by molar-refractivity contribution is 7.26. The molecule has 262 valence electrons. The maximum atomic E-state index is 5.26. The lowest BCUT2D eigenvalue weighted by Crippen LogP contribution is -2.01. The second-order valence-corrected chi connectivity index (χ2v) is 15.9. The first kappa shape index (κ1) is 32.5. The van der Waals surface area contributed by atoms with Crippen LogP contribution in [0.15, 0.2) is 176 Å². The van der Waals surface area contributed by atoms with Gasteiger partial charge in [0.05, 0.1) is 0 Å². The number of hydrogen-bond donors (Lipinski definition) is 0. The Kier molecular flexibility index (Phi) is 7.79. The Balaban J connectivity index is 1.15. The summed E-state index contributed by atoms with van der Waals surface area (Å²) in [6, 6.07) is 53.8. The van der Waals surface area contributed by atoms with Crippen LogP contribution < -0.4 is 0 Å². The fourth-order valence-corrected chi connectivity index (χ4v) is 9.78. The molecule has 11 aromatic rings. The van der Waals surface area contributed by atoms with Gasteiger partial charge < -0.3 is 0 Å². The fraction of sp³-hybridized carbons (Fsp3) is 0. The molecular weight excluding hydrogens is 723 g/mol. The zero-order valence-electron chi connectivity index (χ0n) is 29.8. The van der Waals surface area contributed by atoms with Crippen LogP contribution in [0.25, 0.3) is 108 Å². The van der Waals surface area contributed by atoms with Crippen molar-refractivity contribution in [3.05, 3.63) is 176 Å². The number of benzene rings is 6. The molecule has 56 heavy (non-hydrogen) atoms. The fourth-order valence-electron chi connectivity index (χ4n) is 7.60. The standard InChI is InChI=1S/C49H29N5S2/c1-2-14-40(37(11-1)32-9-7-21-50-28-32)49-53-47(33-10-8-22-51-29-33)52-48(54-49)36-24-34(30-17-19-45-41(26-30)38-12-3-5-15-43(38)55-45)23-35(25-36)31-18-20-46-42(27-31)39-13-4-6-16-44(39)56-46/h1-29H. The Morgan fingerprint density at radius 1 is 0.304 bits per heavy atom. The second-order valence-electron chi connectivity index (χ2n) is 13.8. The molecule has 0 saturated carbocycles. The minimum atomic E-state index is 0.559. The lowest BCUT2D eigenvalue weighted by Gasteiger charge is -2.14. The van der Waals surface area contributed by atoms with Gasteiger partial charge in [-0.25, -0.2) is 15.0 Å². The summed E-state index contributed by atoms with van der Waals surface area (Å²) in [7, 11) is 0. The van der Waals surface area contributed by atoms with Crippen molar-refractivity contribution in [2.75, 3.05) is 0 Å². The number of rotatable bonds is 6. The molecule has 5 aromatic heterocycles. The first-order valence-electron chi connectivity index (χ1n) is 18.4. The Bertz CT molecular complexity index is 3130. The third-order valence-electron chi connectivity index (χ3n) is 10.3. The molecule has 0 amide bonds. The summed E-state index contributed by atoms with van der Waals surface area (Å²) in [6.45, 7) is 0. The number of nitrogens with zero attached hydrogens (tertiary/aromatic N) is 5. The molecule has 0 aliphatic rings. The maximum absolute atomic E-state index is 5.26. The molecule has 0 unspecified atom stereocenters. The molecule has 0 atom stereocenters. The number of fused-ring (bicyclic) bond motifs is 6. The molecule has 11 rings (SSSR count). The largest absolute Gasteiger partial charge is 0.264 e. The zero-order chi connectivity index (χ0) is 37.0. The van der Waals surface area contributed by atoms with E-state index < -0.39 is 0 Å². The first-order chi connectivity index (χ1) is 27.7. The monoisotopic (exact) mass is 751 g/mol. The molecule has 6 aromatic carbocycles. The molecule has 0 N–H and O–H groups in total. The van der Waals surface area contributed by atoms with Crippen molar-refractivity contribution in [2.45, 2.75) is 0 Å². The van der Waals surface area contributed by atoms with E-state index >= 15 is 0 Å². The van der Waals surface area contributed by atoms with Gasteiger partial charge in [-0.2, -0.15) is 0 Å². The summed E-state index contributed by atoms with van der Waals surface area (Å²) in [6.07, 6.45) is 7.23. The summed E-state index contributed by atoms with van der Waals surface area (Å²) in [5, 5.41) is 5.07. The first-order valence-corrected chi connectivity index (χ1v) is 20.0. The Labute approximate surface area is 330 Å². The lowest BCUT2D eigenvalue weighted by atomic mass is 9.94. The molecule has 5 nitrogen and oxygen atoms in total. The van der Waals surface area contributed by atoms with Gasteiger partial charge in [0.25, 0.3) is 0 Å². The van der Waals surface area contributed by atoms with E-state index in [0.717, 1.165) is 50.1 Å². The van der Waals surface area contributed by atoms with Gasteiger partial charge >= 0.3 is 0 Å². The smallest absolute Gasteiger partial charge is 0.165 e. The van der Waals surface area contributed by atoms with Gasteiger partial charge in [-0.15, -0.1) is 22.7 Å². The van der Waals surface area contributed by atoms with Crippen LogP contribution in [-0.2, 0) is 0 Å². The van der Waals surface area contributed by atoms with E-state index in [-0.39, 0.29) is 0 Å². The van der Waals surface area contributed by atoms with Crippen LogP contribution in [0.2, 0.25) is 0 Å². The average molecular weight is 752 g/mol. The molecule has 7 heteroatoms. The van der Waals surface area contributed by atoms with Gasteiger partial charge in [0, 0.05) is 87.4 Å². The van der Waals surface area contributed by atoms with E-state index in [4.69, 9.17) is 15.0 Å². The summed E-state index contributed by atoms with van der Waals surface area (Å²) in [5.74, 6) is 1.73. The number of aromatic nitrogens is 5. The molecule has 0 radical (unpaired) electrons. The second kappa shape index (κ2) is 13.4. The number of thiophene rings is 2. The van der Waals surface area contributed by atoms with E-state index in [1.165, 1.54) is 40.3 Å². The average Bonchev–Trinajstić information content (AvgIpc) is 3.84. The van der Waals surface area contributed by atoms with Crippen molar-refractivity contribution >= 4 is 63.0 Å². The lowest BCUT2D eigenvalue weighted by molar-refractivity contribution is 1.07. The predicted molar refractivity (Wildman–Crippen MR) is 234 cm³/mol. The van der Waals surface area contributed by atoms with Gasteiger partial charge in [0.2, 0.25) is 0 Å². The molecule has 0 aliphatic heterocycles. The number of hydrogen-bond acceptors (Lipinski definition) is 7. The number of pyridine rings is 2. The van der Waals surface area contributed by atoms with Crippen LogP contribution in [0, 0.1) is 0 Å². The highest BCUT2D eigenvalue weighted by Gasteiger charge is 2.18. The van der Waals surface area contributed by atoms with Crippen molar-refractivity contribution in [2.24, 2.45) is 0 Å². The van der Waals surface area contributed by atoms with E-state index in [0.29, 0.717) is 17.5 Å². The topological polar surface area (TPSA) is 64.5 Å². The van der Waals surface area contributed by atoms with Crippen LogP contribution in [-0.4, -0.2) is 24.9 Å². The summed E-state index contributed by atoms with van der Waals surface area (Å²) < 4.78 is 5.13. The van der Waals surface area contributed by atoms with Gasteiger partial charge in [-0.3, -0.25) is 9.97 Å². The van der Waals surface area contributed by atoms with Crippen LogP contribution in [0.5, 0.6) is 0 Å². The Morgan fingerprint density at radius 2 is 0.786 bits per heavy atom. The van der Waals surface area contributed by atoms with Gasteiger partial charge in [-0.05, 0) is 101 Å². The molecule has 0 bridgehead atoms. The highest BCUT2D eigenvalue weighted by Crippen LogP contribution is 2.41. The van der Waals surface area contributed by atoms with Crippen LogP contribution >= 0.6 is 22.7 Å². The molecule has 0 saturated heterocycles. The highest BCUT2D eigenvalue weighted by atomic mass is 32.1. The normalized spacial score (nSPS) is 11.6. The van der Waals surface area contributed by atoms with E-state index in [1.807, 2.05) is 59.2 Å². The molecule has 5 heterocycles. The van der Waals surface area contributed by atoms with Crippen LogP contribution in [0.4, 0.5) is 0 Å². The van der Waals surface area contributed by atoms with Crippen molar-refractivity contribution in [1.82, 2.24) is 24.9 Å². The minimum Gasteiger partial charge on any atom is -0.264 e. The summed E-state index contributed by atoms with van der Waals surface area (Å²) in [5.41, 5.74) is 9.05. The van der Waals surface area contributed by atoms with E-state index in [1.54, 1.807) is 18.6 Å². The van der Waals surface area contributed by atoms with Crippen molar-refractivity contribution in [3.8, 4) is 67.5 Å². The van der Waals surface area contributed by atoms with Crippen molar-refractivity contribution in [3.63, 3.8) is 0 Å². The molecule has 0 aliphatic carbocycles. The zero-order valence-corrected chi connectivity index (χ0v) is 31.4. The summed E-state index contributed by atoms with van der Waals surface area (Å²) in [4.78, 5) is 24.3. The van der Waals surface area contributed by atoms with Gasteiger partial charge in [0.15, 0.2) is 17.5 Å². The minimum absolute atomic E-state index is 0.559. The van der Waals surface area contributed by atoms with Gasteiger partial charge in [-0.1, -0.05) is 78.9 Å². The maximum Gasteiger partial charge on any atom is 0.165 e. The van der Waals surface area contributed by atoms with Gasteiger partial charge in [0.1, 0.15) is 0 Å². The van der Waals surface area contributed by atoms with Crippen LogP contribution in [0.1, 0.15) is 0 Å².